The third-order valence-corrected chi connectivity index (χ3v) is 5.10. The number of aliphatic carboxylic acids is 1. The first kappa shape index (κ1) is 19.2. The highest BCUT2D eigenvalue weighted by molar-refractivity contribution is 5.78. The van der Waals surface area contributed by atoms with E-state index in [1.807, 2.05) is 24.5 Å². The maximum Gasteiger partial charge on any atom is 0.348 e. The molecule has 1 aromatic carbocycles. The van der Waals surface area contributed by atoms with Crippen LogP contribution >= 0.6 is 0 Å². The van der Waals surface area contributed by atoms with Crippen molar-refractivity contribution >= 4 is 5.97 Å². The van der Waals surface area contributed by atoms with E-state index in [-0.39, 0.29) is 0 Å². The highest BCUT2D eigenvalue weighted by Gasteiger charge is 2.44. The summed E-state index contributed by atoms with van der Waals surface area (Å²) in [5.74, 6) is 1.07. The predicted molar refractivity (Wildman–Crippen MR) is 101 cm³/mol. The zero-order valence-corrected chi connectivity index (χ0v) is 16.1. The number of ether oxygens (including phenoxy) is 2. The van der Waals surface area contributed by atoms with Crippen molar-refractivity contribution in [1.29, 1.82) is 0 Å². The van der Waals surface area contributed by atoms with E-state index in [9.17, 15) is 9.90 Å². The molecule has 1 aliphatic rings. The molecule has 2 aromatic rings. The Kier molecular flexibility index (Phi) is 5.70. The van der Waals surface area contributed by atoms with Gasteiger partial charge in [0, 0.05) is 44.4 Å². The van der Waals surface area contributed by atoms with Crippen molar-refractivity contribution in [3.63, 3.8) is 0 Å². The minimum absolute atomic E-state index is 0.347. The summed E-state index contributed by atoms with van der Waals surface area (Å²) in [6.07, 6.45) is 4.60. The van der Waals surface area contributed by atoms with E-state index >= 15 is 0 Å². The minimum atomic E-state index is -1.24. The maximum absolute atomic E-state index is 12.0. The first-order chi connectivity index (χ1) is 12.9. The van der Waals surface area contributed by atoms with Crippen molar-refractivity contribution in [3.8, 4) is 11.5 Å². The molecule has 2 heterocycles. The van der Waals surface area contributed by atoms with Gasteiger partial charge in [0.25, 0.3) is 0 Å². The second kappa shape index (κ2) is 8.00. The van der Waals surface area contributed by atoms with E-state index in [1.54, 1.807) is 19.2 Å². The number of benzene rings is 1. The Morgan fingerprint density at radius 2 is 1.93 bits per heavy atom. The molecular weight excluding hydrogens is 346 g/mol. The summed E-state index contributed by atoms with van der Waals surface area (Å²) in [5, 5.41) is 9.87. The van der Waals surface area contributed by atoms with Crippen molar-refractivity contribution in [3.05, 3.63) is 42.5 Å². The molecule has 0 aliphatic carbocycles. The number of methoxy groups -OCH3 is 1. The third kappa shape index (κ3) is 4.08. The maximum atomic E-state index is 12.0. The van der Waals surface area contributed by atoms with Gasteiger partial charge in [0.2, 0.25) is 5.60 Å². The average Bonchev–Trinajstić information content (AvgIpc) is 3.12. The lowest BCUT2D eigenvalue weighted by atomic mass is 9.91. The van der Waals surface area contributed by atoms with Gasteiger partial charge in [-0.15, -0.1) is 0 Å². The molecule has 146 valence electrons. The van der Waals surface area contributed by atoms with Crippen LogP contribution in [0, 0.1) is 0 Å². The highest BCUT2D eigenvalue weighted by atomic mass is 16.5. The molecule has 7 nitrogen and oxygen atoms in total. The van der Waals surface area contributed by atoms with Gasteiger partial charge in [0.05, 0.1) is 13.7 Å². The fourth-order valence-corrected chi connectivity index (χ4v) is 3.48. The topological polar surface area (TPSA) is 76.8 Å². The van der Waals surface area contributed by atoms with Crippen molar-refractivity contribution in [1.82, 2.24) is 14.5 Å². The van der Waals surface area contributed by atoms with Crippen LogP contribution in [-0.4, -0.2) is 51.3 Å². The van der Waals surface area contributed by atoms with Crippen LogP contribution in [0.25, 0.3) is 0 Å². The van der Waals surface area contributed by atoms with E-state index in [2.05, 4.69) is 28.3 Å². The van der Waals surface area contributed by atoms with Crippen molar-refractivity contribution in [2.24, 2.45) is 0 Å². The summed E-state index contributed by atoms with van der Waals surface area (Å²) in [7, 11) is 1.55. The standard InChI is InChI=1S/C20H27N3O4/c1-15(2)23-13-10-21-18(23)14-22-11-8-20(9-12-22,19(24)25)27-17-7-5-4-6-16(17)26-3/h4-7,10,13,15H,8-9,11-12,14H2,1-3H3,(H,24,25). The molecule has 0 amide bonds. The number of nitrogens with zero attached hydrogens (tertiary/aromatic N) is 3. The number of likely N-dealkylation sites (tertiary alicyclic amines) is 1. The molecule has 0 spiro atoms. The number of hydrogen-bond donors (Lipinski definition) is 1. The lowest BCUT2D eigenvalue weighted by Gasteiger charge is -2.39. The first-order valence-electron chi connectivity index (χ1n) is 9.24. The second-order valence-corrected chi connectivity index (χ2v) is 7.17. The number of carbonyl (C=O) groups is 1. The Balaban J connectivity index is 1.70. The van der Waals surface area contributed by atoms with E-state index in [0.717, 1.165) is 5.82 Å². The molecule has 0 saturated carbocycles. The molecule has 3 rings (SSSR count). The summed E-state index contributed by atoms with van der Waals surface area (Å²) in [4.78, 5) is 18.7. The molecule has 7 heteroatoms. The number of aromatic nitrogens is 2. The van der Waals surface area contributed by atoms with Crippen LogP contribution in [0.5, 0.6) is 11.5 Å². The van der Waals surface area contributed by atoms with E-state index in [1.165, 1.54) is 0 Å². The number of piperidine rings is 1. The number of imidazole rings is 1. The number of rotatable bonds is 7. The molecular formula is C20H27N3O4. The van der Waals surface area contributed by atoms with Crippen LogP contribution in [0.15, 0.2) is 36.7 Å². The van der Waals surface area contributed by atoms with Gasteiger partial charge >= 0.3 is 5.97 Å². The fourth-order valence-electron chi connectivity index (χ4n) is 3.48. The van der Waals surface area contributed by atoms with Gasteiger partial charge in [-0.05, 0) is 26.0 Å². The van der Waals surface area contributed by atoms with Crippen LogP contribution in [-0.2, 0) is 11.3 Å². The first-order valence-corrected chi connectivity index (χ1v) is 9.24. The minimum Gasteiger partial charge on any atom is -0.493 e. The smallest absolute Gasteiger partial charge is 0.348 e. The summed E-state index contributed by atoms with van der Waals surface area (Å²) in [6, 6.07) is 7.51. The zero-order chi connectivity index (χ0) is 19.4. The van der Waals surface area contributed by atoms with Crippen LogP contribution in [0.2, 0.25) is 0 Å². The summed E-state index contributed by atoms with van der Waals surface area (Å²) in [6.45, 7) is 6.21. The largest absolute Gasteiger partial charge is 0.493 e. The Bertz CT molecular complexity index is 779. The lowest BCUT2D eigenvalue weighted by Crippen LogP contribution is -2.53. The van der Waals surface area contributed by atoms with Crippen molar-refractivity contribution < 1.29 is 19.4 Å². The van der Waals surface area contributed by atoms with Gasteiger partial charge in [-0.3, -0.25) is 4.90 Å². The van der Waals surface area contributed by atoms with E-state index in [4.69, 9.17) is 9.47 Å². The predicted octanol–water partition coefficient (Wildman–Crippen LogP) is 2.97. The van der Waals surface area contributed by atoms with Crippen LogP contribution in [0.4, 0.5) is 0 Å². The van der Waals surface area contributed by atoms with E-state index in [0.29, 0.717) is 50.0 Å². The molecule has 0 radical (unpaired) electrons. The molecule has 27 heavy (non-hydrogen) atoms. The van der Waals surface area contributed by atoms with Gasteiger partial charge in [-0.2, -0.15) is 0 Å². The Labute approximate surface area is 159 Å². The van der Waals surface area contributed by atoms with Crippen LogP contribution in [0.1, 0.15) is 38.6 Å². The summed E-state index contributed by atoms with van der Waals surface area (Å²) >= 11 is 0. The zero-order valence-electron chi connectivity index (χ0n) is 16.1. The Hall–Kier alpha value is -2.54. The number of carboxylic acid groups (broad SMARTS) is 1. The van der Waals surface area contributed by atoms with Gasteiger partial charge in [-0.1, -0.05) is 12.1 Å². The van der Waals surface area contributed by atoms with Crippen LogP contribution in [0.3, 0.4) is 0 Å². The van der Waals surface area contributed by atoms with E-state index < -0.39 is 11.6 Å². The quantitative estimate of drug-likeness (QED) is 0.804. The Morgan fingerprint density at radius 3 is 2.52 bits per heavy atom. The molecule has 1 saturated heterocycles. The lowest BCUT2D eigenvalue weighted by molar-refractivity contribution is -0.160. The normalized spacial score (nSPS) is 17.0. The molecule has 0 unspecified atom stereocenters. The van der Waals surface area contributed by atoms with Crippen LogP contribution < -0.4 is 9.47 Å². The van der Waals surface area contributed by atoms with Gasteiger partial charge in [0.15, 0.2) is 11.5 Å². The van der Waals surface area contributed by atoms with Gasteiger partial charge in [-0.25, -0.2) is 9.78 Å². The Morgan fingerprint density at radius 1 is 1.26 bits per heavy atom. The molecule has 1 aromatic heterocycles. The monoisotopic (exact) mass is 373 g/mol. The average molecular weight is 373 g/mol. The van der Waals surface area contributed by atoms with Gasteiger partial charge in [0.1, 0.15) is 5.82 Å². The molecule has 1 N–H and O–H groups in total. The third-order valence-electron chi connectivity index (χ3n) is 5.10. The number of para-hydroxylation sites is 2. The van der Waals surface area contributed by atoms with Crippen molar-refractivity contribution in [2.45, 2.75) is 44.9 Å². The summed E-state index contributed by atoms with van der Waals surface area (Å²) in [5.41, 5.74) is -1.24. The molecule has 1 aliphatic heterocycles. The molecule has 1 fully saturated rings. The molecule has 0 bridgehead atoms. The second-order valence-electron chi connectivity index (χ2n) is 7.17. The summed E-state index contributed by atoms with van der Waals surface area (Å²) < 4.78 is 13.4. The van der Waals surface area contributed by atoms with Crippen molar-refractivity contribution in [2.75, 3.05) is 20.2 Å². The van der Waals surface area contributed by atoms with Gasteiger partial charge < -0.3 is 19.1 Å². The SMILES string of the molecule is COc1ccccc1OC1(C(=O)O)CCN(Cc2nccn2C(C)C)CC1. The number of hydrogen-bond acceptors (Lipinski definition) is 5. The molecule has 0 atom stereocenters. The number of carboxylic acids is 1. The highest BCUT2D eigenvalue weighted by Crippen LogP contribution is 2.35. The fraction of sp³-hybridized carbons (Fsp3) is 0.500.